The quantitative estimate of drug-likeness (QED) is 0.892. The summed E-state index contributed by atoms with van der Waals surface area (Å²) in [5.41, 5.74) is 4.56. The highest BCUT2D eigenvalue weighted by Crippen LogP contribution is 2.19. The Balaban J connectivity index is 2.00. The van der Waals surface area contributed by atoms with Crippen LogP contribution in [0.1, 0.15) is 35.2 Å². The molecule has 1 amide bonds. The topological polar surface area (TPSA) is 29.1 Å². The largest absolute Gasteiger partial charge is 0.349 e. The molecule has 2 rings (SSSR count). The average molecular weight is 302 g/mol. The third-order valence-electron chi connectivity index (χ3n) is 3.55. The summed E-state index contributed by atoms with van der Waals surface area (Å²) < 4.78 is 0. The van der Waals surface area contributed by atoms with Gasteiger partial charge in [0, 0.05) is 5.02 Å². The second-order valence-corrected chi connectivity index (χ2v) is 5.89. The van der Waals surface area contributed by atoms with Crippen LogP contribution in [0.3, 0.4) is 0 Å². The first kappa shape index (κ1) is 15.6. The predicted octanol–water partition coefficient (Wildman–Crippen LogP) is 4.38. The molecule has 0 saturated heterocycles. The van der Waals surface area contributed by atoms with Gasteiger partial charge < -0.3 is 5.32 Å². The number of carbonyl (C=O) groups is 1. The summed E-state index contributed by atoms with van der Waals surface area (Å²) in [5, 5.41) is 3.73. The first-order valence-electron chi connectivity index (χ1n) is 7.06. The van der Waals surface area contributed by atoms with E-state index >= 15 is 0 Å². The highest BCUT2D eigenvalue weighted by molar-refractivity contribution is 6.30. The van der Waals surface area contributed by atoms with E-state index in [-0.39, 0.29) is 11.9 Å². The summed E-state index contributed by atoms with van der Waals surface area (Å²) >= 11 is 5.84. The molecular formula is C18H20ClNO. The van der Waals surface area contributed by atoms with Gasteiger partial charge in [0.15, 0.2) is 0 Å². The van der Waals surface area contributed by atoms with Gasteiger partial charge in [0.25, 0.3) is 0 Å². The van der Waals surface area contributed by atoms with Crippen molar-refractivity contribution in [3.05, 3.63) is 69.7 Å². The van der Waals surface area contributed by atoms with E-state index in [1.54, 1.807) is 12.1 Å². The Bertz CT molecular complexity index is 634. The molecule has 110 valence electrons. The van der Waals surface area contributed by atoms with E-state index in [9.17, 15) is 4.79 Å². The smallest absolute Gasteiger partial charge is 0.224 e. The predicted molar refractivity (Wildman–Crippen MR) is 87.6 cm³/mol. The van der Waals surface area contributed by atoms with Gasteiger partial charge in [0.1, 0.15) is 0 Å². The van der Waals surface area contributed by atoms with Crippen molar-refractivity contribution in [2.45, 2.75) is 33.2 Å². The molecule has 21 heavy (non-hydrogen) atoms. The molecule has 1 N–H and O–H groups in total. The zero-order valence-electron chi connectivity index (χ0n) is 12.6. The summed E-state index contributed by atoms with van der Waals surface area (Å²) in [6.45, 7) is 6.15. The zero-order valence-corrected chi connectivity index (χ0v) is 13.4. The first-order chi connectivity index (χ1) is 9.95. The lowest BCUT2D eigenvalue weighted by Crippen LogP contribution is -2.28. The van der Waals surface area contributed by atoms with E-state index in [1.165, 1.54) is 11.1 Å². The van der Waals surface area contributed by atoms with Crippen molar-refractivity contribution < 1.29 is 4.79 Å². The number of rotatable bonds is 4. The second kappa shape index (κ2) is 6.77. The average Bonchev–Trinajstić information content (AvgIpc) is 2.41. The number of halogens is 1. The number of hydrogen-bond donors (Lipinski definition) is 1. The van der Waals surface area contributed by atoms with Crippen molar-refractivity contribution >= 4 is 17.5 Å². The first-order valence-corrected chi connectivity index (χ1v) is 7.44. The minimum Gasteiger partial charge on any atom is -0.349 e. The van der Waals surface area contributed by atoms with Crippen molar-refractivity contribution in [3.8, 4) is 0 Å². The molecule has 2 aromatic rings. The summed E-state index contributed by atoms with van der Waals surface area (Å²) in [5.74, 6) is 0.0183. The minimum absolute atomic E-state index is 0.00500. The van der Waals surface area contributed by atoms with Crippen LogP contribution in [0, 0.1) is 13.8 Å². The Morgan fingerprint density at radius 1 is 1.14 bits per heavy atom. The van der Waals surface area contributed by atoms with Gasteiger partial charge in [0.05, 0.1) is 12.5 Å². The molecule has 3 heteroatoms. The van der Waals surface area contributed by atoms with Gasteiger partial charge >= 0.3 is 0 Å². The Morgan fingerprint density at radius 3 is 2.43 bits per heavy atom. The van der Waals surface area contributed by atoms with E-state index < -0.39 is 0 Å². The van der Waals surface area contributed by atoms with E-state index in [2.05, 4.69) is 37.4 Å². The number of carbonyl (C=O) groups excluding carboxylic acids is 1. The Kier molecular flexibility index (Phi) is 5.03. The van der Waals surface area contributed by atoms with Crippen LogP contribution in [0.2, 0.25) is 5.02 Å². The highest BCUT2D eigenvalue weighted by Gasteiger charge is 2.12. The van der Waals surface area contributed by atoms with Crippen molar-refractivity contribution in [2.75, 3.05) is 0 Å². The van der Waals surface area contributed by atoms with Crippen LogP contribution in [-0.2, 0) is 11.2 Å². The van der Waals surface area contributed by atoms with Crippen molar-refractivity contribution in [3.63, 3.8) is 0 Å². The Hall–Kier alpha value is -1.80. The van der Waals surface area contributed by atoms with Gasteiger partial charge in [-0.25, -0.2) is 0 Å². The lowest BCUT2D eigenvalue weighted by atomic mass is 10.00. The van der Waals surface area contributed by atoms with Gasteiger partial charge in [0.2, 0.25) is 5.91 Å². The molecule has 0 aliphatic carbocycles. The number of nitrogens with one attached hydrogen (secondary N) is 1. The summed E-state index contributed by atoms with van der Waals surface area (Å²) in [4.78, 5) is 12.1. The minimum atomic E-state index is 0.00500. The summed E-state index contributed by atoms with van der Waals surface area (Å²) in [6, 6.07) is 13.7. The van der Waals surface area contributed by atoms with Gasteiger partial charge in [-0.15, -0.1) is 0 Å². The van der Waals surface area contributed by atoms with Crippen LogP contribution in [-0.4, -0.2) is 5.91 Å². The van der Waals surface area contributed by atoms with Crippen LogP contribution in [0.4, 0.5) is 0 Å². The fraction of sp³-hybridized carbons (Fsp3) is 0.278. The Morgan fingerprint density at radius 2 is 1.81 bits per heavy atom. The molecule has 0 aromatic heterocycles. The normalized spacial score (nSPS) is 12.0. The molecular weight excluding hydrogens is 282 g/mol. The molecule has 0 fully saturated rings. The van der Waals surface area contributed by atoms with Crippen LogP contribution in [0.25, 0.3) is 0 Å². The Labute approximate surface area is 131 Å². The maximum atomic E-state index is 12.1. The molecule has 0 saturated carbocycles. The third kappa shape index (κ3) is 4.33. The number of aryl methyl sites for hydroxylation is 2. The molecule has 1 atom stereocenters. The SMILES string of the molecule is Cc1ccc([C@H](C)NC(=O)Cc2ccc(Cl)cc2)c(C)c1. The monoisotopic (exact) mass is 301 g/mol. The fourth-order valence-corrected chi connectivity index (χ4v) is 2.60. The molecule has 2 nitrogen and oxygen atoms in total. The lowest BCUT2D eigenvalue weighted by molar-refractivity contribution is -0.121. The molecule has 2 aromatic carbocycles. The molecule has 0 aliphatic heterocycles. The molecule has 0 spiro atoms. The molecule has 0 aliphatic rings. The molecule has 0 bridgehead atoms. The highest BCUT2D eigenvalue weighted by atomic mass is 35.5. The second-order valence-electron chi connectivity index (χ2n) is 5.45. The van der Waals surface area contributed by atoms with E-state index in [0.717, 1.165) is 11.1 Å². The van der Waals surface area contributed by atoms with Gasteiger partial charge in [-0.1, -0.05) is 47.5 Å². The van der Waals surface area contributed by atoms with E-state index in [0.29, 0.717) is 11.4 Å². The van der Waals surface area contributed by atoms with Crippen LogP contribution >= 0.6 is 11.6 Å². The van der Waals surface area contributed by atoms with Crippen molar-refractivity contribution in [1.29, 1.82) is 0 Å². The van der Waals surface area contributed by atoms with E-state index in [4.69, 9.17) is 11.6 Å². The summed E-state index contributed by atoms with van der Waals surface area (Å²) in [7, 11) is 0. The third-order valence-corrected chi connectivity index (χ3v) is 3.80. The molecule has 0 unspecified atom stereocenters. The molecule has 0 radical (unpaired) electrons. The van der Waals surface area contributed by atoms with Gasteiger partial charge in [-0.05, 0) is 49.6 Å². The maximum absolute atomic E-state index is 12.1. The summed E-state index contributed by atoms with van der Waals surface area (Å²) in [6.07, 6.45) is 0.367. The van der Waals surface area contributed by atoms with Crippen LogP contribution in [0.5, 0.6) is 0 Å². The number of hydrogen-bond acceptors (Lipinski definition) is 1. The standard InChI is InChI=1S/C18H20ClNO/c1-12-4-9-17(13(2)10-12)14(3)20-18(21)11-15-5-7-16(19)8-6-15/h4-10,14H,11H2,1-3H3,(H,20,21)/t14-/m0/s1. The molecule has 0 heterocycles. The zero-order chi connectivity index (χ0) is 15.4. The van der Waals surface area contributed by atoms with Gasteiger partial charge in [-0.2, -0.15) is 0 Å². The number of benzene rings is 2. The van der Waals surface area contributed by atoms with Crippen molar-refractivity contribution in [1.82, 2.24) is 5.32 Å². The van der Waals surface area contributed by atoms with Gasteiger partial charge in [-0.3, -0.25) is 4.79 Å². The number of amides is 1. The van der Waals surface area contributed by atoms with Crippen LogP contribution in [0.15, 0.2) is 42.5 Å². The van der Waals surface area contributed by atoms with E-state index in [1.807, 2.05) is 19.1 Å². The van der Waals surface area contributed by atoms with Crippen molar-refractivity contribution in [2.24, 2.45) is 0 Å². The fourth-order valence-electron chi connectivity index (χ4n) is 2.47. The lowest BCUT2D eigenvalue weighted by Gasteiger charge is -2.17. The van der Waals surface area contributed by atoms with Crippen LogP contribution < -0.4 is 5.32 Å². The maximum Gasteiger partial charge on any atom is 0.224 e.